The van der Waals surface area contributed by atoms with E-state index in [1.54, 1.807) is 12.4 Å². The maximum Gasteiger partial charge on any atom is 0.137 e. The topological polar surface area (TPSA) is 83.8 Å². The highest BCUT2D eigenvalue weighted by Gasteiger charge is 2.24. The van der Waals surface area contributed by atoms with Crippen LogP contribution >= 0.6 is 0 Å². The predicted molar refractivity (Wildman–Crippen MR) is 145 cm³/mol. The lowest BCUT2D eigenvalue weighted by molar-refractivity contribution is 0.00785. The molecule has 3 heterocycles. The number of nitrogens with zero attached hydrogens (tertiary/aromatic N) is 5. The van der Waals surface area contributed by atoms with Gasteiger partial charge in [-0.3, -0.25) is 4.98 Å². The van der Waals surface area contributed by atoms with Gasteiger partial charge in [0.05, 0.1) is 58.1 Å². The van der Waals surface area contributed by atoms with E-state index in [0.717, 1.165) is 40.5 Å². The Morgan fingerprint density at radius 2 is 1.47 bits per heavy atom. The Hall–Kier alpha value is -3.79. The summed E-state index contributed by atoms with van der Waals surface area (Å²) in [6, 6.07) is 20.5. The molecule has 4 aromatic rings. The molecule has 0 saturated carbocycles. The summed E-state index contributed by atoms with van der Waals surface area (Å²) in [5.74, 6) is 0.739. The summed E-state index contributed by atoms with van der Waals surface area (Å²) in [5.41, 5.74) is 6.57. The summed E-state index contributed by atoms with van der Waals surface area (Å²) in [6.07, 6.45) is 3.39. The van der Waals surface area contributed by atoms with Crippen LogP contribution < -0.4 is 9.64 Å². The van der Waals surface area contributed by atoms with Crippen molar-refractivity contribution in [3.63, 3.8) is 0 Å². The summed E-state index contributed by atoms with van der Waals surface area (Å²) in [6.45, 7) is 4.95. The van der Waals surface area contributed by atoms with Gasteiger partial charge >= 0.3 is 0 Å². The van der Waals surface area contributed by atoms with E-state index in [1.807, 2.05) is 22.9 Å². The van der Waals surface area contributed by atoms with E-state index < -0.39 is 0 Å². The third-order valence-electron chi connectivity index (χ3n) is 6.31. The molecule has 0 spiro atoms. The Bertz CT molecular complexity index is 1300. The summed E-state index contributed by atoms with van der Waals surface area (Å²) in [7, 11) is 2.12. The van der Waals surface area contributed by atoms with Crippen LogP contribution in [0.4, 0.5) is 5.69 Å². The Morgan fingerprint density at radius 3 is 2.26 bits per heavy atom. The molecule has 0 radical (unpaired) electrons. The second kappa shape index (κ2) is 13.1. The molecule has 5 rings (SSSR count). The molecular weight excluding hydrogens is 482 g/mol. The van der Waals surface area contributed by atoms with Crippen molar-refractivity contribution in [2.75, 3.05) is 58.2 Å². The van der Waals surface area contributed by atoms with Gasteiger partial charge in [-0.1, -0.05) is 47.7 Å². The van der Waals surface area contributed by atoms with Gasteiger partial charge in [-0.25, -0.2) is 4.68 Å². The number of benzene rings is 2. The van der Waals surface area contributed by atoms with Gasteiger partial charge in [-0.05, 0) is 23.8 Å². The van der Waals surface area contributed by atoms with Gasteiger partial charge in [-0.2, -0.15) is 0 Å². The molecule has 1 aliphatic heterocycles. The number of rotatable bonds is 13. The predicted octanol–water partition coefficient (Wildman–Crippen LogP) is 4.09. The minimum atomic E-state index is 0.480. The van der Waals surface area contributed by atoms with E-state index in [2.05, 4.69) is 69.7 Å². The van der Waals surface area contributed by atoms with Gasteiger partial charge in [0.2, 0.25) is 0 Å². The zero-order valence-corrected chi connectivity index (χ0v) is 21.7. The van der Waals surface area contributed by atoms with Crippen molar-refractivity contribution in [1.82, 2.24) is 20.0 Å². The fraction of sp³-hybridized carbons (Fsp3) is 0.345. The van der Waals surface area contributed by atoms with Crippen LogP contribution in [0.25, 0.3) is 22.5 Å². The highest BCUT2D eigenvalue weighted by Crippen LogP contribution is 2.40. The molecule has 2 aromatic carbocycles. The summed E-state index contributed by atoms with van der Waals surface area (Å²) in [4.78, 5) is 6.27. The molecule has 0 atom stereocenters. The highest BCUT2D eigenvalue weighted by atomic mass is 16.6. The van der Waals surface area contributed by atoms with Crippen molar-refractivity contribution < 1.29 is 18.9 Å². The molecule has 9 heteroatoms. The first kappa shape index (κ1) is 25.8. The molecule has 198 valence electrons. The lowest BCUT2D eigenvalue weighted by Crippen LogP contribution is -2.20. The third-order valence-corrected chi connectivity index (χ3v) is 6.31. The number of aromatic nitrogens is 4. The number of hydrogen-bond acceptors (Lipinski definition) is 8. The third kappa shape index (κ3) is 6.36. The Labute approximate surface area is 222 Å². The quantitative estimate of drug-likeness (QED) is 0.246. The first-order valence-electron chi connectivity index (χ1n) is 12.9. The minimum absolute atomic E-state index is 0.480. The van der Waals surface area contributed by atoms with E-state index >= 15 is 0 Å². The van der Waals surface area contributed by atoms with E-state index in [0.29, 0.717) is 52.8 Å². The molecule has 1 aliphatic rings. The maximum atomic E-state index is 5.83. The molecule has 0 fully saturated rings. The van der Waals surface area contributed by atoms with Crippen molar-refractivity contribution in [3.05, 3.63) is 78.6 Å². The van der Waals surface area contributed by atoms with Crippen LogP contribution in [-0.2, 0) is 27.3 Å². The second-order valence-electron chi connectivity index (χ2n) is 8.91. The van der Waals surface area contributed by atoms with Gasteiger partial charge in [0.1, 0.15) is 18.1 Å². The molecule has 0 N–H and O–H groups in total. The van der Waals surface area contributed by atoms with Crippen molar-refractivity contribution in [3.8, 4) is 28.3 Å². The first-order chi connectivity index (χ1) is 18.8. The Morgan fingerprint density at radius 1 is 0.763 bits per heavy atom. The van der Waals surface area contributed by atoms with E-state index in [9.17, 15) is 0 Å². The number of pyridine rings is 1. The fourth-order valence-corrected chi connectivity index (χ4v) is 4.50. The molecule has 0 saturated heterocycles. The lowest BCUT2D eigenvalue weighted by atomic mass is 9.96. The van der Waals surface area contributed by atoms with Gasteiger partial charge in [0.25, 0.3) is 0 Å². The largest absolute Gasteiger partial charge is 0.490 e. The second-order valence-corrected chi connectivity index (χ2v) is 8.91. The molecule has 0 amide bonds. The molecule has 9 nitrogen and oxygen atoms in total. The summed E-state index contributed by atoms with van der Waals surface area (Å²) in [5, 5.41) is 9.11. The normalized spacial score (nSPS) is 12.3. The molecule has 0 aliphatic carbocycles. The monoisotopic (exact) mass is 515 g/mol. The van der Waals surface area contributed by atoms with E-state index in [4.69, 9.17) is 18.9 Å². The number of anilines is 1. The fourth-order valence-electron chi connectivity index (χ4n) is 4.50. The molecule has 38 heavy (non-hydrogen) atoms. The standard InChI is InChI=1S/C29H33N5O4/c1-33-22-23-7-2-3-9-25(23)29-28(26-10-4-5-11-27(26)33)31-32-34(29)13-14-35-15-16-36-17-18-37-19-20-38-24-8-6-12-30-21-24/h2-12,21H,13-20,22H2,1H3. The molecule has 0 bridgehead atoms. The molecular formula is C29H33N5O4. The Kier molecular flexibility index (Phi) is 8.93. The highest BCUT2D eigenvalue weighted by molar-refractivity contribution is 5.87. The van der Waals surface area contributed by atoms with Gasteiger partial charge in [0, 0.05) is 36.6 Å². The smallest absolute Gasteiger partial charge is 0.137 e. The zero-order valence-electron chi connectivity index (χ0n) is 21.7. The van der Waals surface area contributed by atoms with Gasteiger partial charge in [0.15, 0.2) is 0 Å². The SMILES string of the molecule is CN1Cc2ccccc2-c2c(nnn2CCOCCOCCOCCOc2cccnc2)-c2ccccc21. The average Bonchev–Trinajstić information content (AvgIpc) is 3.37. The van der Waals surface area contributed by atoms with Crippen LogP contribution in [0, 0.1) is 0 Å². The zero-order chi connectivity index (χ0) is 26.0. The van der Waals surface area contributed by atoms with Crippen LogP contribution in [0.15, 0.2) is 73.1 Å². The van der Waals surface area contributed by atoms with Crippen molar-refractivity contribution in [1.29, 1.82) is 0 Å². The Balaban J connectivity index is 1.07. The van der Waals surface area contributed by atoms with Crippen LogP contribution in [0.1, 0.15) is 5.56 Å². The molecule has 2 aromatic heterocycles. The van der Waals surface area contributed by atoms with Crippen molar-refractivity contribution in [2.45, 2.75) is 13.1 Å². The number of ether oxygens (including phenoxy) is 4. The average molecular weight is 516 g/mol. The minimum Gasteiger partial charge on any atom is -0.490 e. The van der Waals surface area contributed by atoms with Crippen LogP contribution in [0.2, 0.25) is 0 Å². The first-order valence-corrected chi connectivity index (χ1v) is 12.9. The lowest BCUT2D eigenvalue weighted by Gasteiger charge is -2.26. The van der Waals surface area contributed by atoms with Gasteiger partial charge in [-0.15, -0.1) is 5.10 Å². The van der Waals surface area contributed by atoms with Crippen LogP contribution in [0.5, 0.6) is 5.75 Å². The van der Waals surface area contributed by atoms with E-state index in [1.165, 1.54) is 5.56 Å². The summed E-state index contributed by atoms with van der Waals surface area (Å²) < 4.78 is 24.5. The van der Waals surface area contributed by atoms with Crippen molar-refractivity contribution >= 4 is 5.69 Å². The van der Waals surface area contributed by atoms with Crippen LogP contribution in [-0.4, -0.2) is 73.3 Å². The maximum absolute atomic E-state index is 5.83. The van der Waals surface area contributed by atoms with Gasteiger partial charge < -0.3 is 23.8 Å². The number of fused-ring (bicyclic) bond motifs is 5. The number of hydrogen-bond donors (Lipinski definition) is 0. The van der Waals surface area contributed by atoms with Crippen molar-refractivity contribution in [2.24, 2.45) is 0 Å². The number of para-hydroxylation sites is 1. The van der Waals surface area contributed by atoms with Crippen LogP contribution in [0.3, 0.4) is 0 Å². The van der Waals surface area contributed by atoms with E-state index in [-0.39, 0.29) is 0 Å². The molecule has 0 unspecified atom stereocenters. The summed E-state index contributed by atoms with van der Waals surface area (Å²) >= 11 is 0.